The molecule has 0 unspecified atom stereocenters. The Morgan fingerprint density at radius 3 is 2.68 bits per heavy atom. The van der Waals surface area contributed by atoms with Crippen molar-refractivity contribution in [3.8, 4) is 0 Å². The minimum absolute atomic E-state index is 0.00405. The minimum Gasteiger partial charge on any atom is -0.466 e. The van der Waals surface area contributed by atoms with E-state index >= 15 is 0 Å². The van der Waals surface area contributed by atoms with Crippen LogP contribution in [0.5, 0.6) is 0 Å². The van der Waals surface area contributed by atoms with Crippen molar-refractivity contribution < 1.29 is 14.3 Å². The summed E-state index contributed by atoms with van der Waals surface area (Å²) in [4.78, 5) is 27.4. The van der Waals surface area contributed by atoms with E-state index in [1.54, 1.807) is 6.08 Å². The fourth-order valence-corrected chi connectivity index (χ4v) is 2.80. The monoisotopic (exact) mass is 345 g/mol. The molecule has 1 saturated heterocycles. The van der Waals surface area contributed by atoms with Crippen molar-refractivity contribution in [2.75, 3.05) is 51.3 Å². The maximum atomic E-state index is 11.8. The molecular weight excluding hydrogens is 318 g/mol. The first kappa shape index (κ1) is 19.0. The first-order valence-electron chi connectivity index (χ1n) is 8.63. The molecule has 6 nitrogen and oxygen atoms in total. The molecule has 0 radical (unpaired) electrons. The maximum Gasteiger partial charge on any atom is 0.330 e. The number of carbonyl (C=O) groups excluding carboxylic acids is 2. The number of rotatable bonds is 7. The predicted octanol–water partition coefficient (Wildman–Crippen LogP) is 1.35. The maximum absolute atomic E-state index is 11.8. The number of hydrogen-bond acceptors (Lipinski definition) is 5. The topological polar surface area (TPSA) is 61.9 Å². The van der Waals surface area contributed by atoms with Gasteiger partial charge in [0.05, 0.1) is 7.11 Å². The van der Waals surface area contributed by atoms with E-state index in [9.17, 15) is 9.59 Å². The van der Waals surface area contributed by atoms with Gasteiger partial charge in [-0.15, -0.1) is 0 Å². The number of amides is 1. The summed E-state index contributed by atoms with van der Waals surface area (Å²) >= 11 is 0. The summed E-state index contributed by atoms with van der Waals surface area (Å²) in [5.41, 5.74) is 2.55. The van der Waals surface area contributed by atoms with Crippen molar-refractivity contribution in [3.63, 3.8) is 0 Å². The van der Waals surface area contributed by atoms with E-state index in [-0.39, 0.29) is 5.91 Å². The molecule has 1 N–H and O–H groups in total. The van der Waals surface area contributed by atoms with Crippen molar-refractivity contribution in [1.82, 2.24) is 10.2 Å². The van der Waals surface area contributed by atoms with E-state index < -0.39 is 5.97 Å². The lowest BCUT2D eigenvalue weighted by atomic mass is 10.2. The lowest BCUT2D eigenvalue weighted by molar-refractivity contribution is -0.134. The second kappa shape index (κ2) is 9.84. The third-order valence-corrected chi connectivity index (χ3v) is 4.27. The van der Waals surface area contributed by atoms with Crippen LogP contribution in [0.1, 0.15) is 12.0 Å². The molecule has 2 rings (SSSR count). The number of nitrogens with one attached hydrogen (secondary N) is 1. The molecule has 25 heavy (non-hydrogen) atoms. The highest BCUT2D eigenvalue weighted by Crippen LogP contribution is 2.17. The average molecular weight is 345 g/mol. The molecule has 0 aromatic heterocycles. The largest absolute Gasteiger partial charge is 0.466 e. The van der Waals surface area contributed by atoms with Gasteiger partial charge in [-0.05, 0) is 24.6 Å². The molecule has 0 aliphatic carbocycles. The van der Waals surface area contributed by atoms with Crippen LogP contribution in [0.2, 0.25) is 0 Å². The summed E-state index contributed by atoms with van der Waals surface area (Å²) in [6, 6.07) is 8.57. The summed E-state index contributed by atoms with van der Waals surface area (Å²) in [7, 11) is 1.32. The summed E-state index contributed by atoms with van der Waals surface area (Å²) < 4.78 is 4.48. The number of piperazine rings is 1. The third kappa shape index (κ3) is 6.58. The molecule has 1 amide bonds. The number of anilines is 1. The molecule has 0 spiro atoms. The molecule has 0 saturated carbocycles. The Morgan fingerprint density at radius 1 is 1.24 bits per heavy atom. The molecular formula is C19H27N3O3. The lowest BCUT2D eigenvalue weighted by Gasteiger charge is -2.36. The van der Waals surface area contributed by atoms with Gasteiger partial charge in [-0.3, -0.25) is 9.69 Å². The van der Waals surface area contributed by atoms with E-state index in [0.29, 0.717) is 13.0 Å². The van der Waals surface area contributed by atoms with Crippen LogP contribution >= 0.6 is 0 Å². The molecule has 1 fully saturated rings. The Labute approximate surface area is 149 Å². The molecule has 1 aliphatic heterocycles. The molecule has 1 aliphatic rings. The second-order valence-corrected chi connectivity index (χ2v) is 6.15. The molecule has 1 aromatic carbocycles. The minimum atomic E-state index is -0.416. The second-order valence-electron chi connectivity index (χ2n) is 6.15. The van der Waals surface area contributed by atoms with Crippen LogP contribution in [0, 0.1) is 6.92 Å². The number of hydrogen-bond donors (Lipinski definition) is 1. The van der Waals surface area contributed by atoms with Gasteiger partial charge in [-0.2, -0.15) is 0 Å². The summed E-state index contributed by atoms with van der Waals surface area (Å²) in [5, 5.41) is 2.77. The molecule has 136 valence electrons. The van der Waals surface area contributed by atoms with Crippen molar-refractivity contribution in [1.29, 1.82) is 0 Å². The van der Waals surface area contributed by atoms with E-state index in [0.717, 1.165) is 32.7 Å². The number of esters is 1. The molecule has 0 bridgehead atoms. The van der Waals surface area contributed by atoms with E-state index in [4.69, 9.17) is 0 Å². The number of aryl methyl sites for hydroxylation is 1. The van der Waals surface area contributed by atoms with Gasteiger partial charge >= 0.3 is 5.97 Å². The van der Waals surface area contributed by atoms with Crippen molar-refractivity contribution in [3.05, 3.63) is 42.0 Å². The zero-order valence-corrected chi connectivity index (χ0v) is 15.0. The van der Waals surface area contributed by atoms with Gasteiger partial charge in [-0.25, -0.2) is 4.79 Å². The quantitative estimate of drug-likeness (QED) is 0.597. The number of nitrogens with zero attached hydrogens (tertiary/aromatic N) is 2. The summed E-state index contributed by atoms with van der Waals surface area (Å²) in [6.07, 6.45) is 3.37. The predicted molar refractivity (Wildman–Crippen MR) is 98.6 cm³/mol. The van der Waals surface area contributed by atoms with Gasteiger partial charge in [0.2, 0.25) is 5.91 Å². The zero-order chi connectivity index (χ0) is 18.1. The molecule has 1 aromatic rings. The number of carbonyl (C=O) groups is 2. The molecule has 6 heteroatoms. The zero-order valence-electron chi connectivity index (χ0n) is 15.0. The van der Waals surface area contributed by atoms with Crippen LogP contribution in [0.25, 0.3) is 0 Å². The fraction of sp³-hybridized carbons (Fsp3) is 0.474. The Balaban J connectivity index is 1.64. The Bertz CT molecular complexity index is 608. The van der Waals surface area contributed by atoms with E-state index in [2.05, 4.69) is 51.0 Å². The normalized spacial score (nSPS) is 15.4. The number of ether oxygens (including phenoxy) is 1. The average Bonchev–Trinajstić information content (AvgIpc) is 2.63. The van der Waals surface area contributed by atoms with Crippen molar-refractivity contribution in [2.45, 2.75) is 13.3 Å². The number of methoxy groups -OCH3 is 1. The van der Waals surface area contributed by atoms with Crippen LogP contribution < -0.4 is 10.2 Å². The summed E-state index contributed by atoms with van der Waals surface area (Å²) in [5.74, 6) is -0.420. The first-order valence-corrected chi connectivity index (χ1v) is 8.63. The van der Waals surface area contributed by atoms with Crippen LogP contribution in [0.4, 0.5) is 5.69 Å². The summed E-state index contributed by atoms with van der Waals surface area (Å²) in [6.45, 7) is 7.09. The highest BCUT2D eigenvalue weighted by Gasteiger charge is 2.17. The van der Waals surface area contributed by atoms with Crippen molar-refractivity contribution in [2.24, 2.45) is 0 Å². The molecule has 0 atom stereocenters. The van der Waals surface area contributed by atoms with Gasteiger partial charge in [-0.1, -0.05) is 18.2 Å². The Kier molecular flexibility index (Phi) is 7.47. The van der Waals surface area contributed by atoms with Gasteiger partial charge in [0.25, 0.3) is 0 Å². The van der Waals surface area contributed by atoms with Crippen LogP contribution in [-0.4, -0.2) is 63.2 Å². The standard InChI is InChI=1S/C19H27N3O3/c1-16-5-3-6-17(15-16)22-13-11-21(12-14-22)10-8-18(23)20-9-4-7-19(24)25-2/h3-7,15H,8-14H2,1-2H3,(H,20,23)/b7-4+. The highest BCUT2D eigenvalue weighted by molar-refractivity contribution is 5.82. The number of benzene rings is 1. The highest BCUT2D eigenvalue weighted by atomic mass is 16.5. The van der Waals surface area contributed by atoms with Crippen LogP contribution in [0.15, 0.2) is 36.4 Å². The van der Waals surface area contributed by atoms with Gasteiger partial charge < -0.3 is 15.0 Å². The lowest BCUT2D eigenvalue weighted by Crippen LogP contribution is -2.47. The van der Waals surface area contributed by atoms with Gasteiger partial charge in [0.1, 0.15) is 0 Å². The third-order valence-electron chi connectivity index (χ3n) is 4.27. The fourth-order valence-electron chi connectivity index (χ4n) is 2.80. The Hall–Kier alpha value is -2.34. The molecule has 1 heterocycles. The van der Waals surface area contributed by atoms with Crippen molar-refractivity contribution >= 4 is 17.6 Å². The van der Waals surface area contributed by atoms with Gasteiger partial charge in [0, 0.05) is 57.5 Å². The van der Waals surface area contributed by atoms with Gasteiger partial charge in [0.15, 0.2) is 0 Å². The first-order chi connectivity index (χ1) is 12.1. The van der Waals surface area contributed by atoms with Crippen LogP contribution in [-0.2, 0) is 14.3 Å². The SMILES string of the molecule is COC(=O)/C=C/CNC(=O)CCN1CCN(c2cccc(C)c2)CC1. The van der Waals surface area contributed by atoms with E-state index in [1.807, 2.05) is 0 Å². The van der Waals surface area contributed by atoms with E-state index in [1.165, 1.54) is 24.4 Å². The smallest absolute Gasteiger partial charge is 0.330 e. The van der Waals surface area contributed by atoms with Crippen LogP contribution in [0.3, 0.4) is 0 Å². The Morgan fingerprint density at radius 2 is 2.00 bits per heavy atom.